The van der Waals surface area contributed by atoms with Gasteiger partial charge >= 0.3 is 0 Å². The molecular formula is C28H41BrN2O3. The highest BCUT2D eigenvalue weighted by Gasteiger charge is 2.20. The molecule has 2 aromatic rings. The van der Waals surface area contributed by atoms with Crippen molar-refractivity contribution in [2.75, 3.05) is 26.2 Å². The maximum atomic E-state index is 12.0. The van der Waals surface area contributed by atoms with Crippen molar-refractivity contribution in [3.63, 3.8) is 0 Å². The molecule has 1 fully saturated rings. The number of aryl methyl sites for hydroxylation is 1. The van der Waals surface area contributed by atoms with Gasteiger partial charge in [0.1, 0.15) is 6.10 Å². The summed E-state index contributed by atoms with van der Waals surface area (Å²) in [6.07, 6.45) is 10.5. The van der Waals surface area contributed by atoms with Gasteiger partial charge in [0.05, 0.1) is 5.76 Å². The number of carbonyl (C=O) groups excluding carboxylic acids is 1. The van der Waals surface area contributed by atoms with E-state index < -0.39 is 0 Å². The summed E-state index contributed by atoms with van der Waals surface area (Å²) in [6.45, 7) is 19.5. The summed E-state index contributed by atoms with van der Waals surface area (Å²) in [5.41, 5.74) is 1.95. The fourth-order valence-corrected chi connectivity index (χ4v) is 4.42. The maximum absolute atomic E-state index is 12.0. The van der Waals surface area contributed by atoms with Gasteiger partial charge in [-0.25, -0.2) is 0 Å². The van der Waals surface area contributed by atoms with Crippen molar-refractivity contribution in [2.24, 2.45) is 0 Å². The van der Waals surface area contributed by atoms with Gasteiger partial charge < -0.3 is 19.3 Å². The number of allylic oxidation sites excluding steroid dienone is 3. The number of carbonyl (C=O) groups is 1. The first-order valence-corrected chi connectivity index (χ1v) is 12.8. The SMILES string of the molecule is C=C.C=C/C=C(\C)OC1CCN(CCCCn2cc(C(C)=O)c3ccc(Br)cc32)CC1.CCO. The van der Waals surface area contributed by atoms with Gasteiger partial charge in [-0.05, 0) is 71.2 Å². The number of nitrogens with zero attached hydrogens (tertiary/aromatic N) is 2. The van der Waals surface area contributed by atoms with Crippen LogP contribution in [-0.4, -0.2) is 52.7 Å². The van der Waals surface area contributed by atoms with Gasteiger partial charge in [0.15, 0.2) is 5.78 Å². The van der Waals surface area contributed by atoms with Crippen molar-refractivity contribution in [2.45, 2.75) is 59.1 Å². The maximum Gasteiger partial charge on any atom is 0.161 e. The highest BCUT2D eigenvalue weighted by Crippen LogP contribution is 2.26. The summed E-state index contributed by atoms with van der Waals surface area (Å²) in [6, 6.07) is 6.14. The van der Waals surface area contributed by atoms with Crippen molar-refractivity contribution >= 4 is 32.6 Å². The molecule has 188 valence electrons. The lowest BCUT2D eigenvalue weighted by molar-refractivity contribution is 0.0506. The average Bonchev–Trinajstić information content (AvgIpc) is 3.18. The highest BCUT2D eigenvalue weighted by atomic mass is 79.9. The van der Waals surface area contributed by atoms with Crippen LogP contribution in [0.15, 0.2) is 66.5 Å². The average molecular weight is 534 g/mol. The number of Topliss-reactive ketones (excluding diaryl/α,β-unsaturated/α-hetero) is 1. The Labute approximate surface area is 213 Å². The molecule has 0 amide bonds. The van der Waals surface area contributed by atoms with E-state index in [1.165, 1.54) is 0 Å². The normalized spacial score (nSPS) is 14.6. The molecule has 0 atom stereocenters. The van der Waals surface area contributed by atoms with Crippen LogP contribution in [0.25, 0.3) is 10.9 Å². The largest absolute Gasteiger partial charge is 0.495 e. The zero-order valence-electron chi connectivity index (χ0n) is 21.1. The first-order valence-electron chi connectivity index (χ1n) is 12.0. The van der Waals surface area contributed by atoms with Crippen molar-refractivity contribution in [3.8, 4) is 0 Å². The Kier molecular flexibility index (Phi) is 14.5. The Balaban J connectivity index is 0.00000107. The van der Waals surface area contributed by atoms with Gasteiger partial charge in [-0.3, -0.25) is 4.79 Å². The van der Waals surface area contributed by atoms with Gasteiger partial charge in [0.2, 0.25) is 0 Å². The molecule has 1 aliphatic rings. The number of benzene rings is 1. The van der Waals surface area contributed by atoms with E-state index in [0.717, 1.165) is 78.6 Å². The fraction of sp³-hybridized carbons (Fsp3) is 0.464. The minimum Gasteiger partial charge on any atom is -0.495 e. The molecule has 1 aliphatic heterocycles. The molecule has 0 spiro atoms. The number of unbranched alkanes of at least 4 members (excludes halogenated alkanes) is 1. The number of ketones is 1. The lowest BCUT2D eigenvalue weighted by atomic mass is 10.1. The van der Waals surface area contributed by atoms with E-state index >= 15 is 0 Å². The minimum absolute atomic E-state index is 0.124. The van der Waals surface area contributed by atoms with Gasteiger partial charge in [-0.1, -0.05) is 34.7 Å². The third kappa shape index (κ3) is 9.61. The van der Waals surface area contributed by atoms with E-state index in [1.54, 1.807) is 19.9 Å². The van der Waals surface area contributed by atoms with Crippen molar-refractivity contribution < 1.29 is 14.6 Å². The predicted molar refractivity (Wildman–Crippen MR) is 147 cm³/mol. The number of ether oxygens (including phenoxy) is 1. The quantitative estimate of drug-likeness (QED) is 0.127. The molecule has 2 heterocycles. The van der Waals surface area contributed by atoms with E-state index in [2.05, 4.69) is 51.2 Å². The zero-order chi connectivity index (χ0) is 25.5. The van der Waals surface area contributed by atoms with Crippen LogP contribution in [0.3, 0.4) is 0 Å². The number of fused-ring (bicyclic) bond motifs is 1. The molecule has 1 saturated heterocycles. The molecule has 0 bridgehead atoms. The molecule has 1 aromatic heterocycles. The van der Waals surface area contributed by atoms with Crippen molar-refractivity contribution in [3.05, 3.63) is 72.1 Å². The van der Waals surface area contributed by atoms with Crippen LogP contribution in [0.1, 0.15) is 56.8 Å². The fourth-order valence-electron chi connectivity index (χ4n) is 4.07. The molecule has 0 saturated carbocycles. The van der Waals surface area contributed by atoms with Crippen molar-refractivity contribution in [1.82, 2.24) is 9.47 Å². The van der Waals surface area contributed by atoms with Crippen LogP contribution in [0.4, 0.5) is 0 Å². The lowest BCUT2D eigenvalue weighted by Gasteiger charge is -2.32. The smallest absolute Gasteiger partial charge is 0.161 e. The summed E-state index contributed by atoms with van der Waals surface area (Å²) >= 11 is 3.55. The van der Waals surface area contributed by atoms with Gasteiger partial charge in [-0.2, -0.15) is 0 Å². The molecule has 3 rings (SSSR count). The number of halogens is 1. The van der Waals surface area contributed by atoms with E-state index in [-0.39, 0.29) is 12.4 Å². The second-order valence-electron chi connectivity index (χ2n) is 8.15. The molecule has 0 unspecified atom stereocenters. The Hall–Kier alpha value is -2.15. The lowest BCUT2D eigenvalue weighted by Crippen LogP contribution is -2.37. The Morgan fingerprint density at radius 3 is 2.41 bits per heavy atom. The molecule has 34 heavy (non-hydrogen) atoms. The first-order chi connectivity index (χ1) is 16.4. The Bertz CT molecular complexity index is 927. The van der Waals surface area contributed by atoms with Gasteiger partial charge in [-0.15, -0.1) is 13.2 Å². The molecule has 0 radical (unpaired) electrons. The number of hydrogen-bond donors (Lipinski definition) is 1. The molecule has 0 aliphatic carbocycles. The summed E-state index contributed by atoms with van der Waals surface area (Å²) in [7, 11) is 0. The van der Waals surface area contributed by atoms with Crippen LogP contribution in [0, 0.1) is 0 Å². The number of piperidine rings is 1. The number of hydrogen-bond acceptors (Lipinski definition) is 4. The van der Waals surface area contributed by atoms with E-state index in [9.17, 15) is 4.79 Å². The van der Waals surface area contributed by atoms with E-state index in [0.29, 0.717) is 6.10 Å². The topological polar surface area (TPSA) is 54.7 Å². The van der Waals surface area contributed by atoms with Crippen LogP contribution in [-0.2, 0) is 11.3 Å². The predicted octanol–water partition coefficient (Wildman–Crippen LogP) is 6.76. The first kappa shape index (κ1) is 29.9. The number of likely N-dealkylation sites (tertiary alicyclic amines) is 1. The monoisotopic (exact) mass is 532 g/mol. The molecule has 1 aromatic carbocycles. The zero-order valence-corrected chi connectivity index (χ0v) is 22.6. The summed E-state index contributed by atoms with van der Waals surface area (Å²) in [5.74, 6) is 1.08. The van der Waals surface area contributed by atoms with Crippen LogP contribution in [0.5, 0.6) is 0 Å². The summed E-state index contributed by atoms with van der Waals surface area (Å²) in [5, 5.41) is 8.61. The Morgan fingerprint density at radius 1 is 1.21 bits per heavy atom. The van der Waals surface area contributed by atoms with Gasteiger partial charge in [0.25, 0.3) is 0 Å². The van der Waals surface area contributed by atoms with Crippen molar-refractivity contribution in [1.29, 1.82) is 0 Å². The second-order valence-corrected chi connectivity index (χ2v) is 9.06. The highest BCUT2D eigenvalue weighted by molar-refractivity contribution is 9.10. The third-order valence-electron chi connectivity index (χ3n) is 5.59. The summed E-state index contributed by atoms with van der Waals surface area (Å²) in [4.78, 5) is 14.5. The van der Waals surface area contributed by atoms with Gasteiger partial charge in [0, 0.05) is 53.4 Å². The summed E-state index contributed by atoms with van der Waals surface area (Å²) < 4.78 is 9.24. The number of rotatable bonds is 9. The van der Waals surface area contributed by atoms with E-state index in [4.69, 9.17) is 9.84 Å². The van der Waals surface area contributed by atoms with E-state index in [1.807, 2.05) is 31.3 Å². The third-order valence-corrected chi connectivity index (χ3v) is 6.08. The van der Waals surface area contributed by atoms with Crippen LogP contribution < -0.4 is 0 Å². The number of aliphatic hydroxyl groups is 1. The van der Waals surface area contributed by atoms with Crippen LogP contribution in [0.2, 0.25) is 0 Å². The second kappa shape index (κ2) is 16.5. The number of aliphatic hydroxyl groups excluding tert-OH is 1. The molecule has 6 heteroatoms. The molecule has 5 nitrogen and oxygen atoms in total. The molecular weight excluding hydrogens is 492 g/mol. The standard InChI is InChI=1S/C24H31BrN2O2.C2H6O.C2H4/c1-4-7-18(2)29-21-10-14-26(15-11-21)12-5-6-13-27-17-23(19(3)28)22-9-8-20(25)16-24(22)27;1-2-3;1-2/h4,7-9,16-17,21H,1,5-6,10-15H2,2-3H3;3H,2H2,1H3;1-2H2/b18-7+;;. The van der Waals surface area contributed by atoms with Crippen LogP contribution >= 0.6 is 15.9 Å². The Morgan fingerprint density at radius 2 is 1.82 bits per heavy atom. The number of aromatic nitrogens is 1. The molecule has 1 N–H and O–H groups in total. The minimum atomic E-state index is 0.124.